The van der Waals surface area contributed by atoms with E-state index in [1.54, 1.807) is 24.8 Å². The number of H-pyrrole nitrogens is 2. The lowest BCUT2D eigenvalue weighted by molar-refractivity contribution is 0.0989. The zero-order valence-electron chi connectivity index (χ0n) is 22.5. The van der Waals surface area contributed by atoms with E-state index in [0.29, 0.717) is 17.3 Å². The molecular weight excluding hydrogens is 516 g/mol. The third kappa shape index (κ3) is 5.10. The molecule has 0 radical (unpaired) electrons. The van der Waals surface area contributed by atoms with E-state index in [9.17, 15) is 4.79 Å². The van der Waals surface area contributed by atoms with Crippen LogP contribution in [0.15, 0.2) is 73.3 Å². The zero-order chi connectivity index (χ0) is 27.8. The molecule has 0 atom stereocenters. The number of likely N-dealkylation sites (N-methyl/N-ethyl adjacent to an activating group) is 1. The van der Waals surface area contributed by atoms with Gasteiger partial charge in [-0.15, -0.1) is 0 Å². The number of nitrogens with one attached hydrogen (secondary N) is 3. The molecular formula is C30H28N10O. The first-order chi connectivity index (χ1) is 20.1. The molecule has 1 aliphatic heterocycles. The summed E-state index contributed by atoms with van der Waals surface area (Å²) in [6, 6.07) is 15.6. The Morgan fingerprint density at radius 3 is 2.71 bits per heavy atom. The number of ketones is 1. The van der Waals surface area contributed by atoms with Crippen LogP contribution in [0.2, 0.25) is 0 Å². The summed E-state index contributed by atoms with van der Waals surface area (Å²) in [4.78, 5) is 30.5. The van der Waals surface area contributed by atoms with Gasteiger partial charge in [-0.25, -0.2) is 9.97 Å². The van der Waals surface area contributed by atoms with Gasteiger partial charge in [-0.05, 0) is 43.4 Å². The molecule has 0 saturated carbocycles. The fourth-order valence-electron chi connectivity index (χ4n) is 5.23. The van der Waals surface area contributed by atoms with Crippen LogP contribution in [-0.4, -0.2) is 79.3 Å². The summed E-state index contributed by atoms with van der Waals surface area (Å²) in [5, 5.41) is 20.5. The van der Waals surface area contributed by atoms with E-state index in [0.717, 1.165) is 70.5 Å². The van der Waals surface area contributed by atoms with Gasteiger partial charge < -0.3 is 20.1 Å². The number of fused-ring (bicyclic) bond motifs is 2. The molecule has 204 valence electrons. The van der Waals surface area contributed by atoms with Gasteiger partial charge in [0.15, 0.2) is 11.6 Å². The van der Waals surface area contributed by atoms with E-state index in [4.69, 9.17) is 4.98 Å². The second-order valence-corrected chi connectivity index (χ2v) is 10.3. The van der Waals surface area contributed by atoms with Gasteiger partial charge in [-0.1, -0.05) is 12.1 Å². The lowest BCUT2D eigenvalue weighted by Gasteiger charge is -2.34. The molecule has 1 fully saturated rings. The van der Waals surface area contributed by atoms with Crippen LogP contribution in [0.3, 0.4) is 0 Å². The quantitative estimate of drug-likeness (QED) is 0.253. The maximum absolute atomic E-state index is 13.4. The van der Waals surface area contributed by atoms with Crippen LogP contribution in [0.25, 0.3) is 33.2 Å². The molecule has 1 saturated heterocycles. The summed E-state index contributed by atoms with van der Waals surface area (Å²) in [5.41, 5.74) is 6.02. The first-order valence-electron chi connectivity index (χ1n) is 13.5. The Kier molecular flexibility index (Phi) is 6.32. The van der Waals surface area contributed by atoms with Gasteiger partial charge in [0.25, 0.3) is 0 Å². The predicted molar refractivity (Wildman–Crippen MR) is 158 cm³/mol. The van der Waals surface area contributed by atoms with Crippen LogP contribution in [0.1, 0.15) is 16.1 Å². The number of nitrogens with zero attached hydrogens (tertiary/aromatic N) is 7. The number of benzene rings is 2. The van der Waals surface area contributed by atoms with Gasteiger partial charge in [0.05, 0.1) is 35.5 Å². The lowest BCUT2D eigenvalue weighted by Crippen LogP contribution is -2.45. The standard InChI is InChI=1S/C30H28N10O/c1-39-8-10-40(11-9-39)27-18-33-32-17-22(27)15-28(41)26-13-19-2-3-20(14-25(19)36-26)30-31-7-6-29(37-30)35-23-4-5-24-21(12-23)16-34-38-24/h2-7,12-14,16-18,36H,8-11,15H2,1H3,(H,34,38)(H,31,35,37). The highest BCUT2D eigenvalue weighted by Gasteiger charge is 2.20. The highest BCUT2D eigenvalue weighted by atomic mass is 16.1. The van der Waals surface area contributed by atoms with E-state index in [2.05, 4.69) is 52.5 Å². The highest BCUT2D eigenvalue weighted by Crippen LogP contribution is 2.27. The summed E-state index contributed by atoms with van der Waals surface area (Å²) in [6.45, 7) is 3.75. The number of rotatable bonds is 7. The van der Waals surface area contributed by atoms with E-state index in [1.807, 2.05) is 48.5 Å². The molecule has 6 aromatic rings. The molecule has 41 heavy (non-hydrogen) atoms. The molecule has 0 unspecified atom stereocenters. The minimum atomic E-state index is 0.00293. The van der Waals surface area contributed by atoms with E-state index in [-0.39, 0.29) is 12.2 Å². The molecule has 0 bridgehead atoms. The monoisotopic (exact) mass is 544 g/mol. The van der Waals surface area contributed by atoms with E-state index in [1.165, 1.54) is 0 Å². The van der Waals surface area contributed by atoms with Crippen molar-refractivity contribution in [3.63, 3.8) is 0 Å². The van der Waals surface area contributed by atoms with Crippen molar-refractivity contribution in [1.82, 2.24) is 40.2 Å². The van der Waals surface area contributed by atoms with Gasteiger partial charge in [-0.3, -0.25) is 9.89 Å². The van der Waals surface area contributed by atoms with Crippen molar-refractivity contribution in [2.75, 3.05) is 43.4 Å². The van der Waals surface area contributed by atoms with Gasteiger partial charge in [0, 0.05) is 71.9 Å². The third-order valence-corrected chi connectivity index (χ3v) is 7.53. The maximum Gasteiger partial charge on any atom is 0.183 e. The Morgan fingerprint density at radius 1 is 0.927 bits per heavy atom. The Balaban J connectivity index is 1.10. The van der Waals surface area contributed by atoms with Crippen molar-refractivity contribution in [2.45, 2.75) is 6.42 Å². The second kappa shape index (κ2) is 10.4. The SMILES string of the molecule is CN1CCN(c2cnncc2CC(=O)c2cc3ccc(-c4nccc(Nc5ccc6[nH]ncc6c5)n4)cc3[nH]2)CC1. The second-order valence-electron chi connectivity index (χ2n) is 10.3. The molecule has 0 aliphatic carbocycles. The number of carbonyl (C=O) groups excluding carboxylic acids is 1. The van der Waals surface area contributed by atoms with Gasteiger partial charge >= 0.3 is 0 Å². The summed E-state index contributed by atoms with van der Waals surface area (Å²) in [5.74, 6) is 1.27. The Labute approximate surface area is 235 Å². The lowest BCUT2D eigenvalue weighted by atomic mass is 10.1. The van der Waals surface area contributed by atoms with Gasteiger partial charge in [-0.2, -0.15) is 15.3 Å². The first-order valence-corrected chi connectivity index (χ1v) is 13.5. The molecule has 1 aliphatic rings. The third-order valence-electron chi connectivity index (χ3n) is 7.53. The normalized spacial score (nSPS) is 14.1. The molecule has 7 rings (SSSR count). The molecule has 0 amide bonds. The summed E-state index contributed by atoms with van der Waals surface area (Å²) >= 11 is 0. The van der Waals surface area contributed by atoms with Crippen LogP contribution >= 0.6 is 0 Å². The average molecular weight is 545 g/mol. The molecule has 3 N–H and O–H groups in total. The molecule has 4 aromatic heterocycles. The highest BCUT2D eigenvalue weighted by molar-refractivity contribution is 6.01. The summed E-state index contributed by atoms with van der Waals surface area (Å²) < 4.78 is 0. The fraction of sp³-hybridized carbons (Fsp3) is 0.200. The number of Topliss-reactive ketones (excluding diaryl/α,β-unsaturated/α-hetero) is 1. The van der Waals surface area contributed by atoms with Crippen LogP contribution in [0.4, 0.5) is 17.2 Å². The van der Waals surface area contributed by atoms with E-state index < -0.39 is 0 Å². The minimum absolute atomic E-state index is 0.00293. The zero-order valence-corrected chi connectivity index (χ0v) is 22.5. The smallest absolute Gasteiger partial charge is 0.183 e. The number of hydrogen-bond acceptors (Lipinski definition) is 9. The summed E-state index contributed by atoms with van der Waals surface area (Å²) in [7, 11) is 2.12. The molecule has 5 heterocycles. The van der Waals surface area contributed by atoms with Gasteiger partial charge in [0.1, 0.15) is 5.82 Å². The van der Waals surface area contributed by atoms with Crippen LogP contribution in [-0.2, 0) is 6.42 Å². The van der Waals surface area contributed by atoms with Crippen molar-refractivity contribution in [3.05, 3.63) is 84.6 Å². The van der Waals surface area contributed by atoms with Crippen molar-refractivity contribution in [3.8, 4) is 11.4 Å². The molecule has 11 nitrogen and oxygen atoms in total. The fourth-order valence-corrected chi connectivity index (χ4v) is 5.23. The number of hydrogen-bond donors (Lipinski definition) is 3. The van der Waals surface area contributed by atoms with Crippen LogP contribution in [0.5, 0.6) is 0 Å². The van der Waals surface area contributed by atoms with E-state index >= 15 is 0 Å². The Hall–Kier alpha value is -5.16. The Morgan fingerprint density at radius 2 is 1.80 bits per heavy atom. The van der Waals surface area contributed by atoms with Crippen molar-refractivity contribution >= 4 is 44.8 Å². The predicted octanol–water partition coefficient (Wildman–Crippen LogP) is 4.21. The van der Waals surface area contributed by atoms with Crippen molar-refractivity contribution in [1.29, 1.82) is 0 Å². The van der Waals surface area contributed by atoms with Gasteiger partial charge in [0.2, 0.25) is 0 Å². The molecule has 11 heteroatoms. The van der Waals surface area contributed by atoms with Crippen molar-refractivity contribution in [2.24, 2.45) is 0 Å². The molecule has 0 spiro atoms. The van der Waals surface area contributed by atoms with Crippen LogP contribution < -0.4 is 10.2 Å². The topological polar surface area (TPSA) is 132 Å². The molecule has 2 aromatic carbocycles. The number of piperazine rings is 1. The van der Waals surface area contributed by atoms with Crippen molar-refractivity contribution < 1.29 is 4.79 Å². The number of aromatic nitrogens is 7. The van der Waals surface area contributed by atoms with Crippen LogP contribution in [0, 0.1) is 0 Å². The minimum Gasteiger partial charge on any atom is -0.367 e. The summed E-state index contributed by atoms with van der Waals surface area (Å²) in [6.07, 6.45) is 7.24. The largest absolute Gasteiger partial charge is 0.367 e. The number of anilines is 3. The number of aromatic amines is 2. The Bertz CT molecular complexity index is 1870. The number of carbonyl (C=O) groups is 1. The maximum atomic E-state index is 13.4. The first kappa shape index (κ1) is 24.9. The average Bonchev–Trinajstić information content (AvgIpc) is 3.65.